The average molecular weight is 445 g/mol. The van der Waals surface area contributed by atoms with Crippen LogP contribution < -0.4 is 10.1 Å². The Morgan fingerprint density at radius 3 is 2.67 bits per heavy atom. The summed E-state index contributed by atoms with van der Waals surface area (Å²) in [5.41, 5.74) is 2.87. The van der Waals surface area contributed by atoms with Crippen LogP contribution in [0.5, 0.6) is 5.75 Å². The lowest BCUT2D eigenvalue weighted by atomic mass is 10.1. The number of anilines is 1. The standard InChI is InChI=1S/C22H25ClN4O2S/c1-14(2)27-20(12-29-19-10-9-15(3)11-16(19)4)25-26-22(27)30-13-21(28)24-18-8-6-5-7-17(18)23/h5-11,14H,12-13H2,1-4H3,(H,24,28). The Kier molecular flexibility index (Phi) is 7.39. The van der Waals surface area contributed by atoms with Gasteiger partial charge < -0.3 is 14.6 Å². The molecule has 0 atom stereocenters. The lowest BCUT2D eigenvalue weighted by molar-refractivity contribution is -0.113. The van der Waals surface area contributed by atoms with E-state index >= 15 is 0 Å². The minimum atomic E-state index is -0.153. The molecule has 0 fully saturated rings. The SMILES string of the molecule is Cc1ccc(OCc2nnc(SCC(=O)Nc3ccccc3Cl)n2C(C)C)c(C)c1. The number of halogens is 1. The number of nitrogens with zero attached hydrogens (tertiary/aromatic N) is 3. The number of para-hydroxylation sites is 1. The van der Waals surface area contributed by atoms with Crippen molar-refractivity contribution in [2.45, 2.75) is 45.5 Å². The van der Waals surface area contributed by atoms with Gasteiger partial charge in [-0.05, 0) is 51.5 Å². The van der Waals surface area contributed by atoms with Gasteiger partial charge in [0.1, 0.15) is 12.4 Å². The number of aryl methyl sites for hydroxylation is 2. The van der Waals surface area contributed by atoms with Gasteiger partial charge in [0.05, 0.1) is 16.5 Å². The molecule has 1 heterocycles. The number of carbonyl (C=O) groups is 1. The van der Waals surface area contributed by atoms with E-state index in [-0.39, 0.29) is 17.7 Å². The Bertz CT molecular complexity index is 1040. The number of nitrogens with one attached hydrogen (secondary N) is 1. The van der Waals surface area contributed by atoms with E-state index in [0.717, 1.165) is 17.1 Å². The molecule has 0 saturated carbocycles. The molecule has 8 heteroatoms. The maximum atomic E-state index is 12.3. The number of amides is 1. The van der Waals surface area contributed by atoms with Crippen molar-refractivity contribution in [3.05, 3.63) is 64.4 Å². The summed E-state index contributed by atoms with van der Waals surface area (Å²) in [6.07, 6.45) is 0. The molecule has 6 nitrogen and oxygen atoms in total. The first-order valence-corrected chi connectivity index (χ1v) is 11.0. The van der Waals surface area contributed by atoms with Gasteiger partial charge in [-0.1, -0.05) is 53.2 Å². The molecule has 3 aromatic rings. The first-order chi connectivity index (χ1) is 14.3. The van der Waals surface area contributed by atoms with Gasteiger partial charge in [-0.25, -0.2) is 0 Å². The van der Waals surface area contributed by atoms with Crippen molar-refractivity contribution in [2.75, 3.05) is 11.1 Å². The van der Waals surface area contributed by atoms with E-state index in [1.165, 1.54) is 17.3 Å². The zero-order valence-corrected chi connectivity index (χ0v) is 19.0. The first kappa shape index (κ1) is 22.2. The first-order valence-electron chi connectivity index (χ1n) is 9.66. The van der Waals surface area contributed by atoms with Crippen LogP contribution in [0.1, 0.15) is 36.8 Å². The van der Waals surface area contributed by atoms with E-state index in [9.17, 15) is 4.79 Å². The Morgan fingerprint density at radius 1 is 1.20 bits per heavy atom. The van der Waals surface area contributed by atoms with E-state index in [1.807, 2.05) is 35.8 Å². The van der Waals surface area contributed by atoms with E-state index < -0.39 is 0 Å². The molecule has 0 aliphatic rings. The number of carbonyl (C=O) groups excluding carboxylic acids is 1. The molecule has 1 aromatic heterocycles. The van der Waals surface area contributed by atoms with Crippen LogP contribution in [0.15, 0.2) is 47.6 Å². The second-order valence-electron chi connectivity index (χ2n) is 7.24. The van der Waals surface area contributed by atoms with Crippen LogP contribution in [-0.4, -0.2) is 26.4 Å². The molecular weight excluding hydrogens is 420 g/mol. The molecule has 0 aliphatic carbocycles. The molecule has 1 amide bonds. The highest BCUT2D eigenvalue weighted by molar-refractivity contribution is 7.99. The maximum absolute atomic E-state index is 12.3. The number of hydrogen-bond donors (Lipinski definition) is 1. The van der Waals surface area contributed by atoms with Crippen LogP contribution >= 0.6 is 23.4 Å². The van der Waals surface area contributed by atoms with Crippen LogP contribution in [0, 0.1) is 13.8 Å². The Hall–Kier alpha value is -2.51. The monoisotopic (exact) mass is 444 g/mol. The fourth-order valence-corrected chi connectivity index (χ4v) is 4.07. The van der Waals surface area contributed by atoms with Crippen LogP contribution in [0.25, 0.3) is 0 Å². The van der Waals surface area contributed by atoms with Gasteiger partial charge in [-0.2, -0.15) is 0 Å². The zero-order valence-electron chi connectivity index (χ0n) is 17.5. The van der Waals surface area contributed by atoms with Crippen molar-refractivity contribution >= 4 is 35.0 Å². The molecule has 0 aliphatic heterocycles. The van der Waals surface area contributed by atoms with Gasteiger partial charge >= 0.3 is 0 Å². The molecular formula is C22H25ClN4O2S. The summed E-state index contributed by atoms with van der Waals surface area (Å²) in [4.78, 5) is 12.3. The van der Waals surface area contributed by atoms with Crippen molar-refractivity contribution in [2.24, 2.45) is 0 Å². The number of benzene rings is 2. The van der Waals surface area contributed by atoms with E-state index in [1.54, 1.807) is 12.1 Å². The maximum Gasteiger partial charge on any atom is 0.234 e. The number of aromatic nitrogens is 3. The van der Waals surface area contributed by atoms with Gasteiger partial charge in [-0.15, -0.1) is 10.2 Å². The summed E-state index contributed by atoms with van der Waals surface area (Å²) >= 11 is 7.43. The Morgan fingerprint density at radius 2 is 1.97 bits per heavy atom. The summed E-state index contributed by atoms with van der Waals surface area (Å²) in [7, 11) is 0. The molecule has 3 rings (SSSR count). The predicted molar refractivity (Wildman–Crippen MR) is 121 cm³/mol. The lowest BCUT2D eigenvalue weighted by Gasteiger charge is -2.15. The van der Waals surface area contributed by atoms with Crippen molar-refractivity contribution in [3.8, 4) is 5.75 Å². The molecule has 30 heavy (non-hydrogen) atoms. The van der Waals surface area contributed by atoms with Crippen molar-refractivity contribution in [3.63, 3.8) is 0 Å². The lowest BCUT2D eigenvalue weighted by Crippen LogP contribution is -2.15. The van der Waals surface area contributed by atoms with Crippen LogP contribution in [0.3, 0.4) is 0 Å². The molecule has 1 N–H and O–H groups in total. The van der Waals surface area contributed by atoms with Gasteiger partial charge in [0.25, 0.3) is 0 Å². The summed E-state index contributed by atoms with van der Waals surface area (Å²) in [5.74, 6) is 1.60. The molecule has 0 radical (unpaired) electrons. The summed E-state index contributed by atoms with van der Waals surface area (Å²) in [6.45, 7) is 8.49. The third-order valence-corrected chi connectivity index (χ3v) is 5.69. The highest BCUT2D eigenvalue weighted by Gasteiger charge is 2.17. The molecule has 0 spiro atoms. The summed E-state index contributed by atoms with van der Waals surface area (Å²) in [5, 5.41) is 12.6. The minimum absolute atomic E-state index is 0.131. The highest BCUT2D eigenvalue weighted by atomic mass is 35.5. The highest BCUT2D eigenvalue weighted by Crippen LogP contribution is 2.25. The van der Waals surface area contributed by atoms with Crippen molar-refractivity contribution < 1.29 is 9.53 Å². The quantitative estimate of drug-likeness (QED) is 0.468. The number of thioether (sulfide) groups is 1. The van der Waals surface area contributed by atoms with Gasteiger partial charge in [0.2, 0.25) is 5.91 Å². The Labute approximate surface area is 186 Å². The fourth-order valence-electron chi connectivity index (χ4n) is 3.01. The van der Waals surface area contributed by atoms with E-state index in [4.69, 9.17) is 16.3 Å². The Balaban J connectivity index is 1.65. The van der Waals surface area contributed by atoms with Crippen LogP contribution in [0.2, 0.25) is 5.02 Å². The molecule has 0 unspecified atom stereocenters. The van der Waals surface area contributed by atoms with E-state index in [2.05, 4.69) is 42.4 Å². The van der Waals surface area contributed by atoms with E-state index in [0.29, 0.717) is 22.5 Å². The normalized spacial score (nSPS) is 11.0. The number of rotatable bonds is 8. The second kappa shape index (κ2) is 10.00. The van der Waals surface area contributed by atoms with Gasteiger partial charge in [-0.3, -0.25) is 4.79 Å². The van der Waals surface area contributed by atoms with Crippen LogP contribution in [-0.2, 0) is 11.4 Å². The fraction of sp³-hybridized carbons (Fsp3) is 0.318. The molecule has 2 aromatic carbocycles. The molecule has 0 bridgehead atoms. The third kappa shape index (κ3) is 5.55. The third-order valence-electron chi connectivity index (χ3n) is 4.42. The van der Waals surface area contributed by atoms with Crippen molar-refractivity contribution in [1.29, 1.82) is 0 Å². The zero-order chi connectivity index (χ0) is 21.7. The van der Waals surface area contributed by atoms with Gasteiger partial charge in [0.15, 0.2) is 11.0 Å². The van der Waals surface area contributed by atoms with Crippen LogP contribution in [0.4, 0.5) is 5.69 Å². The molecule has 158 valence electrons. The smallest absolute Gasteiger partial charge is 0.234 e. The molecule has 0 saturated heterocycles. The largest absolute Gasteiger partial charge is 0.485 e. The summed E-state index contributed by atoms with van der Waals surface area (Å²) in [6, 6.07) is 13.4. The second-order valence-corrected chi connectivity index (χ2v) is 8.59. The topological polar surface area (TPSA) is 69.0 Å². The van der Waals surface area contributed by atoms with Gasteiger partial charge in [0, 0.05) is 6.04 Å². The number of hydrogen-bond acceptors (Lipinski definition) is 5. The average Bonchev–Trinajstić information content (AvgIpc) is 3.11. The minimum Gasteiger partial charge on any atom is -0.485 e. The van der Waals surface area contributed by atoms with Crippen molar-refractivity contribution in [1.82, 2.24) is 14.8 Å². The predicted octanol–water partition coefficient (Wildman–Crippen LogP) is 5.44. The number of ether oxygens (including phenoxy) is 1. The summed E-state index contributed by atoms with van der Waals surface area (Å²) < 4.78 is 7.97.